The molecule has 4 nitrogen and oxygen atoms in total. The van der Waals surface area contributed by atoms with Gasteiger partial charge in [-0.3, -0.25) is 9.78 Å². The van der Waals surface area contributed by atoms with Crippen LogP contribution in [-0.2, 0) is 6.54 Å². The van der Waals surface area contributed by atoms with Crippen LogP contribution in [0.25, 0.3) is 10.9 Å². The first-order valence-electron chi connectivity index (χ1n) is 9.21. The highest BCUT2D eigenvalue weighted by atomic mass is 16.1. The quantitative estimate of drug-likeness (QED) is 0.532. The van der Waals surface area contributed by atoms with E-state index in [1.54, 1.807) is 6.20 Å². The summed E-state index contributed by atoms with van der Waals surface area (Å²) >= 11 is 0. The number of hydrogen-bond acceptors (Lipinski definition) is 3. The lowest BCUT2D eigenvalue weighted by Crippen LogP contribution is -2.21. The van der Waals surface area contributed by atoms with Crippen molar-refractivity contribution in [1.82, 2.24) is 4.98 Å². The van der Waals surface area contributed by atoms with Crippen molar-refractivity contribution in [2.75, 3.05) is 17.3 Å². The molecule has 0 fully saturated rings. The maximum atomic E-state index is 13.0. The van der Waals surface area contributed by atoms with Crippen molar-refractivity contribution in [3.63, 3.8) is 0 Å². The van der Waals surface area contributed by atoms with Crippen LogP contribution in [0.4, 0.5) is 11.4 Å². The summed E-state index contributed by atoms with van der Waals surface area (Å²) in [6.07, 6.45) is 1.69. The average molecular weight is 367 g/mol. The Labute approximate surface area is 164 Å². The smallest absolute Gasteiger partial charge is 0.257 e. The first kappa shape index (κ1) is 17.7. The minimum absolute atomic E-state index is 0.146. The standard InChI is InChI=1S/C24H21N3O/c1-27(17-18-9-3-2-4-10-18)23-14-8-6-12-21(23)24(28)26-20-15-19-11-5-7-13-22(19)25-16-20/h2-16H,17H2,1H3,(H,26,28). The van der Waals surface area contributed by atoms with Crippen molar-refractivity contribution in [3.05, 3.63) is 102 Å². The highest BCUT2D eigenvalue weighted by molar-refractivity contribution is 6.08. The van der Waals surface area contributed by atoms with Crippen LogP contribution >= 0.6 is 0 Å². The summed E-state index contributed by atoms with van der Waals surface area (Å²) in [5, 5.41) is 3.98. The number of aromatic nitrogens is 1. The van der Waals surface area contributed by atoms with Crippen LogP contribution in [0.1, 0.15) is 15.9 Å². The van der Waals surface area contributed by atoms with Crippen molar-refractivity contribution in [2.24, 2.45) is 0 Å². The number of nitrogens with zero attached hydrogens (tertiary/aromatic N) is 2. The molecule has 4 heteroatoms. The van der Waals surface area contributed by atoms with Gasteiger partial charge in [0.15, 0.2) is 0 Å². The fourth-order valence-electron chi connectivity index (χ4n) is 3.28. The summed E-state index contributed by atoms with van der Waals surface area (Å²) in [5.41, 5.74) is 4.30. The van der Waals surface area contributed by atoms with Gasteiger partial charge < -0.3 is 10.2 Å². The molecule has 0 aliphatic rings. The molecule has 0 aliphatic heterocycles. The number of amides is 1. The van der Waals surface area contributed by atoms with E-state index in [4.69, 9.17) is 0 Å². The van der Waals surface area contributed by atoms with Crippen LogP contribution in [0.5, 0.6) is 0 Å². The molecule has 1 amide bonds. The molecule has 0 saturated carbocycles. The monoisotopic (exact) mass is 367 g/mol. The Hall–Kier alpha value is -3.66. The molecular formula is C24H21N3O. The van der Waals surface area contributed by atoms with Crippen LogP contribution in [-0.4, -0.2) is 17.9 Å². The van der Waals surface area contributed by atoms with E-state index in [0.29, 0.717) is 11.3 Å². The lowest BCUT2D eigenvalue weighted by Gasteiger charge is -2.22. The van der Waals surface area contributed by atoms with E-state index in [9.17, 15) is 4.79 Å². The fourth-order valence-corrected chi connectivity index (χ4v) is 3.28. The van der Waals surface area contributed by atoms with Gasteiger partial charge in [-0.1, -0.05) is 60.7 Å². The zero-order valence-electron chi connectivity index (χ0n) is 15.7. The maximum Gasteiger partial charge on any atom is 0.257 e. The van der Waals surface area contributed by atoms with E-state index in [1.807, 2.05) is 79.8 Å². The molecule has 1 aromatic heterocycles. The summed E-state index contributed by atoms with van der Waals surface area (Å²) in [6, 6.07) is 27.7. The SMILES string of the molecule is CN(Cc1ccccc1)c1ccccc1C(=O)Nc1cnc2ccccc2c1. The van der Waals surface area contributed by atoms with Gasteiger partial charge in [-0.2, -0.15) is 0 Å². The Morgan fingerprint density at radius 1 is 0.929 bits per heavy atom. The molecule has 4 aromatic rings. The second kappa shape index (κ2) is 7.92. The second-order valence-corrected chi connectivity index (χ2v) is 6.73. The average Bonchev–Trinajstić information content (AvgIpc) is 2.74. The van der Waals surface area contributed by atoms with Gasteiger partial charge in [-0.15, -0.1) is 0 Å². The number of fused-ring (bicyclic) bond motifs is 1. The number of hydrogen-bond donors (Lipinski definition) is 1. The van der Waals surface area contributed by atoms with E-state index in [-0.39, 0.29) is 5.91 Å². The molecule has 0 bridgehead atoms. The Morgan fingerprint density at radius 2 is 1.64 bits per heavy atom. The number of rotatable bonds is 5. The van der Waals surface area contributed by atoms with Crippen LogP contribution < -0.4 is 10.2 Å². The lowest BCUT2D eigenvalue weighted by molar-refractivity contribution is 0.102. The maximum absolute atomic E-state index is 13.0. The number of pyridine rings is 1. The largest absolute Gasteiger partial charge is 0.370 e. The van der Waals surface area contributed by atoms with Crippen LogP contribution in [0.2, 0.25) is 0 Å². The zero-order valence-corrected chi connectivity index (χ0v) is 15.7. The highest BCUT2D eigenvalue weighted by Crippen LogP contribution is 2.23. The molecule has 1 heterocycles. The van der Waals surface area contributed by atoms with E-state index in [2.05, 4.69) is 27.3 Å². The summed E-state index contributed by atoms with van der Waals surface area (Å²) in [6.45, 7) is 0.725. The highest BCUT2D eigenvalue weighted by Gasteiger charge is 2.15. The molecule has 0 spiro atoms. The molecule has 0 saturated heterocycles. The van der Waals surface area contributed by atoms with Gasteiger partial charge in [0, 0.05) is 24.7 Å². The van der Waals surface area contributed by atoms with E-state index < -0.39 is 0 Å². The van der Waals surface area contributed by atoms with E-state index in [1.165, 1.54) is 5.56 Å². The Kier molecular flexibility index (Phi) is 5.02. The van der Waals surface area contributed by atoms with Gasteiger partial charge >= 0.3 is 0 Å². The summed E-state index contributed by atoms with van der Waals surface area (Å²) in [4.78, 5) is 19.5. The molecule has 1 N–H and O–H groups in total. The number of carbonyl (C=O) groups excluding carboxylic acids is 1. The summed E-state index contributed by atoms with van der Waals surface area (Å²) in [5.74, 6) is -0.146. The topological polar surface area (TPSA) is 45.2 Å². The third-order valence-corrected chi connectivity index (χ3v) is 4.67. The number of nitrogens with one attached hydrogen (secondary N) is 1. The Bertz CT molecular complexity index is 1110. The predicted octanol–water partition coefficient (Wildman–Crippen LogP) is 5.12. The van der Waals surface area contributed by atoms with Gasteiger partial charge in [0.05, 0.1) is 23.0 Å². The van der Waals surface area contributed by atoms with Crippen LogP contribution in [0, 0.1) is 0 Å². The number of para-hydroxylation sites is 2. The van der Waals surface area contributed by atoms with Crippen LogP contribution in [0.15, 0.2) is 91.1 Å². The molecule has 4 rings (SSSR count). The number of carbonyl (C=O) groups is 1. The van der Waals surface area contributed by atoms with Gasteiger partial charge in [-0.25, -0.2) is 0 Å². The van der Waals surface area contributed by atoms with Gasteiger partial charge in [-0.05, 0) is 29.8 Å². The molecular weight excluding hydrogens is 346 g/mol. The molecule has 0 radical (unpaired) electrons. The second-order valence-electron chi connectivity index (χ2n) is 6.73. The lowest BCUT2D eigenvalue weighted by atomic mass is 10.1. The molecule has 0 unspecified atom stereocenters. The molecule has 138 valence electrons. The number of benzene rings is 3. The minimum Gasteiger partial charge on any atom is -0.370 e. The van der Waals surface area contributed by atoms with Crippen molar-refractivity contribution >= 4 is 28.2 Å². The Balaban J connectivity index is 1.57. The summed E-state index contributed by atoms with van der Waals surface area (Å²) in [7, 11) is 2.00. The van der Waals surface area contributed by atoms with Crippen molar-refractivity contribution in [3.8, 4) is 0 Å². The normalized spacial score (nSPS) is 10.6. The van der Waals surface area contributed by atoms with Gasteiger partial charge in [0.1, 0.15) is 0 Å². The van der Waals surface area contributed by atoms with E-state index in [0.717, 1.165) is 23.1 Å². The van der Waals surface area contributed by atoms with Gasteiger partial charge in [0.25, 0.3) is 5.91 Å². The minimum atomic E-state index is -0.146. The van der Waals surface area contributed by atoms with Crippen molar-refractivity contribution in [1.29, 1.82) is 0 Å². The van der Waals surface area contributed by atoms with Crippen molar-refractivity contribution < 1.29 is 4.79 Å². The molecule has 0 aliphatic carbocycles. The van der Waals surface area contributed by atoms with Crippen molar-refractivity contribution in [2.45, 2.75) is 6.54 Å². The third-order valence-electron chi connectivity index (χ3n) is 4.67. The molecule has 0 atom stereocenters. The Morgan fingerprint density at radius 3 is 2.50 bits per heavy atom. The first-order valence-corrected chi connectivity index (χ1v) is 9.21. The van der Waals surface area contributed by atoms with Gasteiger partial charge in [0.2, 0.25) is 0 Å². The summed E-state index contributed by atoms with van der Waals surface area (Å²) < 4.78 is 0. The van der Waals surface area contributed by atoms with Crippen LogP contribution in [0.3, 0.4) is 0 Å². The zero-order chi connectivity index (χ0) is 19.3. The fraction of sp³-hybridized carbons (Fsp3) is 0.0833. The van der Waals surface area contributed by atoms with E-state index >= 15 is 0 Å². The first-order chi connectivity index (χ1) is 13.7. The number of anilines is 2. The molecule has 28 heavy (non-hydrogen) atoms. The predicted molar refractivity (Wildman–Crippen MR) is 115 cm³/mol. The molecule has 3 aromatic carbocycles. The third kappa shape index (κ3) is 3.86.